The normalized spacial score (nSPS) is 14.4. The molecule has 108 valence electrons. The molecule has 3 rings (SSSR count). The van der Waals surface area contributed by atoms with Crippen molar-refractivity contribution < 1.29 is 4.74 Å². The largest absolute Gasteiger partial charge is 0.382 e. The number of aromatic nitrogens is 2. The van der Waals surface area contributed by atoms with Gasteiger partial charge in [0.05, 0.1) is 5.39 Å². The predicted molar refractivity (Wildman–Crippen MR) is 83.7 cm³/mol. The fourth-order valence-corrected chi connectivity index (χ4v) is 3.98. The molecule has 4 nitrogen and oxygen atoms in total. The van der Waals surface area contributed by atoms with Crippen molar-refractivity contribution in [1.29, 1.82) is 0 Å². The molecule has 0 amide bonds. The minimum absolute atomic E-state index is 0.787. The Balaban J connectivity index is 1.78. The highest BCUT2D eigenvalue weighted by atomic mass is 32.1. The van der Waals surface area contributed by atoms with Crippen molar-refractivity contribution in [2.24, 2.45) is 0 Å². The highest BCUT2D eigenvalue weighted by Gasteiger charge is 2.19. The average molecular weight is 291 g/mol. The predicted octanol–water partition coefficient (Wildman–Crippen LogP) is 3.41. The summed E-state index contributed by atoms with van der Waals surface area (Å²) in [4.78, 5) is 11.6. The first-order valence-electron chi connectivity index (χ1n) is 7.47. The van der Waals surface area contributed by atoms with Gasteiger partial charge in [-0.3, -0.25) is 0 Å². The Morgan fingerprint density at radius 1 is 1.30 bits per heavy atom. The summed E-state index contributed by atoms with van der Waals surface area (Å²) in [7, 11) is 0. The summed E-state index contributed by atoms with van der Waals surface area (Å²) in [6.45, 7) is 4.52. The van der Waals surface area contributed by atoms with Gasteiger partial charge in [0.25, 0.3) is 0 Å². The quantitative estimate of drug-likeness (QED) is 0.829. The van der Waals surface area contributed by atoms with E-state index in [1.54, 1.807) is 6.33 Å². The molecule has 0 aromatic carbocycles. The van der Waals surface area contributed by atoms with Crippen LogP contribution in [0.1, 0.15) is 36.6 Å². The zero-order valence-corrected chi connectivity index (χ0v) is 12.8. The van der Waals surface area contributed by atoms with Gasteiger partial charge >= 0.3 is 0 Å². The summed E-state index contributed by atoms with van der Waals surface area (Å²) in [5.41, 5.74) is 1.49. The van der Waals surface area contributed by atoms with Crippen LogP contribution in [0.2, 0.25) is 0 Å². The molecular weight excluding hydrogens is 270 g/mol. The number of anilines is 1. The standard InChI is InChI=1S/C15H21N3OS/c1-2-19-9-5-8-16-14-13-11-6-3-4-7-12(11)20-15(13)18-10-17-14/h10H,2-9H2,1H3,(H,16,17,18). The van der Waals surface area contributed by atoms with Crippen molar-refractivity contribution in [3.63, 3.8) is 0 Å². The molecule has 5 heteroatoms. The van der Waals surface area contributed by atoms with Crippen LogP contribution in [0.4, 0.5) is 5.82 Å². The van der Waals surface area contributed by atoms with E-state index in [1.165, 1.54) is 41.5 Å². The van der Waals surface area contributed by atoms with Crippen LogP contribution >= 0.6 is 11.3 Å². The first kappa shape index (κ1) is 13.8. The van der Waals surface area contributed by atoms with E-state index in [0.29, 0.717) is 0 Å². The molecule has 0 saturated heterocycles. The Hall–Kier alpha value is -1.20. The molecule has 0 bridgehead atoms. The number of aryl methyl sites for hydroxylation is 2. The van der Waals surface area contributed by atoms with Gasteiger partial charge in [0.2, 0.25) is 0 Å². The second kappa shape index (κ2) is 6.50. The zero-order valence-electron chi connectivity index (χ0n) is 11.9. The summed E-state index contributed by atoms with van der Waals surface area (Å²) in [5, 5.41) is 4.73. The van der Waals surface area contributed by atoms with Crippen molar-refractivity contribution in [1.82, 2.24) is 9.97 Å². The Morgan fingerprint density at radius 3 is 3.10 bits per heavy atom. The lowest BCUT2D eigenvalue weighted by Crippen LogP contribution is -2.08. The zero-order chi connectivity index (χ0) is 13.8. The summed E-state index contributed by atoms with van der Waals surface area (Å²) < 4.78 is 5.36. The van der Waals surface area contributed by atoms with Gasteiger partial charge in [0.1, 0.15) is 17.0 Å². The SMILES string of the molecule is CCOCCCNc1ncnc2sc3c(c12)CCCC3. The van der Waals surface area contributed by atoms with Crippen LogP contribution < -0.4 is 5.32 Å². The third-order valence-corrected chi connectivity index (χ3v) is 4.91. The highest BCUT2D eigenvalue weighted by Crippen LogP contribution is 2.37. The third kappa shape index (κ3) is 2.79. The Labute approximate surface area is 123 Å². The smallest absolute Gasteiger partial charge is 0.138 e. The number of hydrogen-bond acceptors (Lipinski definition) is 5. The molecule has 1 aliphatic carbocycles. The lowest BCUT2D eigenvalue weighted by atomic mass is 9.97. The lowest BCUT2D eigenvalue weighted by Gasteiger charge is -2.12. The molecule has 0 fully saturated rings. The molecule has 2 heterocycles. The first-order chi connectivity index (χ1) is 9.90. The lowest BCUT2D eigenvalue weighted by molar-refractivity contribution is 0.147. The second-order valence-electron chi connectivity index (χ2n) is 5.09. The van der Waals surface area contributed by atoms with Crippen molar-refractivity contribution in [2.75, 3.05) is 25.1 Å². The molecule has 0 aliphatic heterocycles. The summed E-state index contributed by atoms with van der Waals surface area (Å²) in [6, 6.07) is 0. The molecule has 1 aliphatic rings. The number of ether oxygens (including phenoxy) is 1. The van der Waals surface area contributed by atoms with Crippen LogP contribution in [0.5, 0.6) is 0 Å². The maximum Gasteiger partial charge on any atom is 0.138 e. The minimum Gasteiger partial charge on any atom is -0.382 e. The van der Waals surface area contributed by atoms with E-state index in [4.69, 9.17) is 4.74 Å². The Bertz CT molecular complexity index is 582. The molecule has 0 atom stereocenters. The second-order valence-corrected chi connectivity index (χ2v) is 6.17. The van der Waals surface area contributed by atoms with Crippen LogP contribution in [-0.4, -0.2) is 29.7 Å². The molecular formula is C15H21N3OS. The van der Waals surface area contributed by atoms with E-state index in [1.807, 2.05) is 18.3 Å². The van der Waals surface area contributed by atoms with Gasteiger partial charge in [0, 0.05) is 24.6 Å². The number of thiophene rings is 1. The van der Waals surface area contributed by atoms with Gasteiger partial charge in [-0.2, -0.15) is 0 Å². The van der Waals surface area contributed by atoms with E-state index < -0.39 is 0 Å². The first-order valence-corrected chi connectivity index (χ1v) is 8.28. The fourth-order valence-electron chi connectivity index (χ4n) is 2.75. The van der Waals surface area contributed by atoms with Gasteiger partial charge in [-0.15, -0.1) is 11.3 Å². The summed E-state index contributed by atoms with van der Waals surface area (Å²) >= 11 is 1.85. The molecule has 2 aromatic heterocycles. The topological polar surface area (TPSA) is 47.0 Å². The van der Waals surface area contributed by atoms with Gasteiger partial charge in [-0.1, -0.05) is 0 Å². The molecule has 0 spiro atoms. The van der Waals surface area contributed by atoms with Crippen LogP contribution in [-0.2, 0) is 17.6 Å². The molecule has 0 saturated carbocycles. The van der Waals surface area contributed by atoms with Gasteiger partial charge in [-0.05, 0) is 44.6 Å². The molecule has 20 heavy (non-hydrogen) atoms. The Morgan fingerprint density at radius 2 is 2.20 bits per heavy atom. The van der Waals surface area contributed by atoms with Gasteiger partial charge in [0.15, 0.2) is 0 Å². The minimum atomic E-state index is 0.787. The summed E-state index contributed by atoms with van der Waals surface area (Å²) in [6.07, 6.45) is 7.67. The van der Waals surface area contributed by atoms with Crippen LogP contribution in [0.3, 0.4) is 0 Å². The van der Waals surface area contributed by atoms with E-state index in [-0.39, 0.29) is 0 Å². The maximum atomic E-state index is 5.36. The molecule has 1 N–H and O–H groups in total. The maximum absolute atomic E-state index is 5.36. The number of rotatable bonds is 6. The van der Waals surface area contributed by atoms with Gasteiger partial charge in [-0.25, -0.2) is 9.97 Å². The highest BCUT2D eigenvalue weighted by molar-refractivity contribution is 7.19. The van der Waals surface area contributed by atoms with E-state index >= 15 is 0 Å². The van der Waals surface area contributed by atoms with Crippen LogP contribution in [0.25, 0.3) is 10.2 Å². The molecule has 0 unspecified atom stereocenters. The van der Waals surface area contributed by atoms with Crippen molar-refractivity contribution in [3.05, 3.63) is 16.8 Å². The van der Waals surface area contributed by atoms with Crippen molar-refractivity contribution >= 4 is 27.4 Å². The van der Waals surface area contributed by atoms with E-state index in [0.717, 1.165) is 36.8 Å². The van der Waals surface area contributed by atoms with Crippen LogP contribution in [0, 0.1) is 0 Å². The number of nitrogens with one attached hydrogen (secondary N) is 1. The Kier molecular flexibility index (Phi) is 4.47. The molecule has 0 radical (unpaired) electrons. The summed E-state index contributed by atoms with van der Waals surface area (Å²) in [5.74, 6) is 1.01. The van der Waals surface area contributed by atoms with E-state index in [2.05, 4.69) is 15.3 Å². The fraction of sp³-hybridized carbons (Fsp3) is 0.600. The molecule has 2 aromatic rings. The average Bonchev–Trinajstić information content (AvgIpc) is 2.86. The number of fused-ring (bicyclic) bond motifs is 3. The van der Waals surface area contributed by atoms with Gasteiger partial charge < -0.3 is 10.1 Å². The number of nitrogens with zero attached hydrogens (tertiary/aromatic N) is 2. The third-order valence-electron chi connectivity index (χ3n) is 3.71. The van der Waals surface area contributed by atoms with Crippen molar-refractivity contribution in [2.45, 2.75) is 39.0 Å². The van der Waals surface area contributed by atoms with E-state index in [9.17, 15) is 0 Å². The monoisotopic (exact) mass is 291 g/mol. The van der Waals surface area contributed by atoms with Crippen molar-refractivity contribution in [3.8, 4) is 0 Å². The van der Waals surface area contributed by atoms with Crippen LogP contribution in [0.15, 0.2) is 6.33 Å². The number of hydrogen-bond donors (Lipinski definition) is 1.